The van der Waals surface area contributed by atoms with Gasteiger partial charge in [-0.05, 0) is 13.3 Å². The van der Waals surface area contributed by atoms with Crippen molar-refractivity contribution in [1.82, 2.24) is 0 Å². The average molecular weight is 120 g/mol. The van der Waals surface area contributed by atoms with Crippen molar-refractivity contribution in [3.05, 3.63) is 29.2 Å². The number of furan rings is 1. The maximum atomic E-state index is 5.19. The van der Waals surface area contributed by atoms with E-state index in [4.69, 9.17) is 4.42 Å². The SMILES string of the molecule is Cc1occ2c1C=CC2. The van der Waals surface area contributed by atoms with Gasteiger partial charge >= 0.3 is 0 Å². The summed E-state index contributed by atoms with van der Waals surface area (Å²) < 4.78 is 5.19. The van der Waals surface area contributed by atoms with Gasteiger partial charge in [0.25, 0.3) is 0 Å². The molecule has 1 aromatic rings. The van der Waals surface area contributed by atoms with Crippen LogP contribution in [0.3, 0.4) is 0 Å². The zero-order valence-corrected chi connectivity index (χ0v) is 5.35. The number of rotatable bonds is 0. The Balaban J connectivity index is 2.67. The molecule has 0 unspecified atom stereocenters. The highest BCUT2D eigenvalue weighted by Crippen LogP contribution is 2.23. The third kappa shape index (κ3) is 0.545. The Morgan fingerprint density at radius 1 is 1.56 bits per heavy atom. The van der Waals surface area contributed by atoms with Crippen molar-refractivity contribution in [3.63, 3.8) is 0 Å². The number of hydrogen-bond donors (Lipinski definition) is 0. The van der Waals surface area contributed by atoms with E-state index in [1.165, 1.54) is 11.1 Å². The number of aryl methyl sites for hydroxylation is 1. The van der Waals surface area contributed by atoms with E-state index in [1.807, 2.05) is 13.2 Å². The average Bonchev–Trinajstić information content (AvgIpc) is 2.35. The number of fused-ring (bicyclic) bond motifs is 1. The molecule has 0 radical (unpaired) electrons. The van der Waals surface area contributed by atoms with Crippen molar-refractivity contribution in [2.45, 2.75) is 13.3 Å². The van der Waals surface area contributed by atoms with Gasteiger partial charge in [0, 0.05) is 11.1 Å². The molecule has 0 atom stereocenters. The highest BCUT2D eigenvalue weighted by molar-refractivity contribution is 5.60. The summed E-state index contributed by atoms with van der Waals surface area (Å²) in [6.07, 6.45) is 7.17. The zero-order chi connectivity index (χ0) is 6.27. The summed E-state index contributed by atoms with van der Waals surface area (Å²) in [4.78, 5) is 0. The lowest BCUT2D eigenvalue weighted by atomic mass is 10.2. The predicted molar refractivity (Wildman–Crippen MR) is 36.2 cm³/mol. The predicted octanol–water partition coefficient (Wildman–Crippen LogP) is 2.16. The summed E-state index contributed by atoms with van der Waals surface area (Å²) in [7, 11) is 0. The van der Waals surface area contributed by atoms with Crippen molar-refractivity contribution in [3.8, 4) is 0 Å². The molecule has 0 aromatic carbocycles. The molecule has 0 N–H and O–H groups in total. The quantitative estimate of drug-likeness (QED) is 0.511. The van der Waals surface area contributed by atoms with E-state index in [9.17, 15) is 0 Å². The third-order valence-corrected chi connectivity index (χ3v) is 1.73. The van der Waals surface area contributed by atoms with E-state index in [1.54, 1.807) is 0 Å². The molecule has 0 bridgehead atoms. The highest BCUT2D eigenvalue weighted by atomic mass is 16.3. The van der Waals surface area contributed by atoms with Crippen LogP contribution in [0.15, 0.2) is 16.8 Å². The van der Waals surface area contributed by atoms with Crippen LogP contribution >= 0.6 is 0 Å². The molecule has 1 aliphatic rings. The first-order chi connectivity index (χ1) is 4.38. The van der Waals surface area contributed by atoms with Crippen LogP contribution in [-0.4, -0.2) is 0 Å². The van der Waals surface area contributed by atoms with Crippen LogP contribution in [0.2, 0.25) is 0 Å². The largest absolute Gasteiger partial charge is 0.469 e. The molecular weight excluding hydrogens is 112 g/mol. The minimum atomic E-state index is 1.04. The molecular formula is C8H8O. The van der Waals surface area contributed by atoms with E-state index < -0.39 is 0 Å². The van der Waals surface area contributed by atoms with E-state index in [-0.39, 0.29) is 0 Å². The first-order valence-corrected chi connectivity index (χ1v) is 3.11. The van der Waals surface area contributed by atoms with Gasteiger partial charge in [0.2, 0.25) is 0 Å². The van der Waals surface area contributed by atoms with Crippen molar-refractivity contribution in [2.24, 2.45) is 0 Å². The molecule has 0 spiro atoms. The Kier molecular flexibility index (Phi) is 0.810. The monoisotopic (exact) mass is 120 g/mol. The van der Waals surface area contributed by atoms with Gasteiger partial charge in [0.1, 0.15) is 5.76 Å². The van der Waals surface area contributed by atoms with Gasteiger partial charge in [-0.3, -0.25) is 0 Å². The van der Waals surface area contributed by atoms with Crippen LogP contribution < -0.4 is 0 Å². The first-order valence-electron chi connectivity index (χ1n) is 3.11. The maximum Gasteiger partial charge on any atom is 0.108 e. The Hall–Kier alpha value is -0.980. The minimum absolute atomic E-state index is 1.04. The molecule has 0 saturated heterocycles. The standard InChI is InChI=1S/C8H8O/c1-6-8-4-2-3-7(8)5-9-6/h2,4-5H,3H2,1H3. The molecule has 0 aliphatic heterocycles. The second kappa shape index (κ2) is 1.50. The normalized spacial score (nSPS) is 14.3. The van der Waals surface area contributed by atoms with Gasteiger partial charge in [0.05, 0.1) is 6.26 Å². The van der Waals surface area contributed by atoms with Crippen LogP contribution in [-0.2, 0) is 6.42 Å². The van der Waals surface area contributed by atoms with Gasteiger partial charge in [-0.2, -0.15) is 0 Å². The van der Waals surface area contributed by atoms with Crippen molar-refractivity contribution >= 4 is 6.08 Å². The summed E-state index contributed by atoms with van der Waals surface area (Å²) >= 11 is 0. The molecule has 9 heavy (non-hydrogen) atoms. The van der Waals surface area contributed by atoms with Crippen LogP contribution in [0.25, 0.3) is 6.08 Å². The topological polar surface area (TPSA) is 13.1 Å². The van der Waals surface area contributed by atoms with Crippen LogP contribution in [0.4, 0.5) is 0 Å². The fourth-order valence-corrected chi connectivity index (χ4v) is 1.20. The Morgan fingerprint density at radius 2 is 2.44 bits per heavy atom. The van der Waals surface area contributed by atoms with Crippen LogP contribution in [0, 0.1) is 6.92 Å². The van der Waals surface area contributed by atoms with E-state index in [2.05, 4.69) is 12.2 Å². The van der Waals surface area contributed by atoms with E-state index in [0.717, 1.165) is 12.2 Å². The molecule has 1 heterocycles. The number of hydrogen-bond acceptors (Lipinski definition) is 1. The first kappa shape index (κ1) is 4.86. The van der Waals surface area contributed by atoms with E-state index >= 15 is 0 Å². The molecule has 0 amide bonds. The Bertz CT molecular complexity index is 256. The molecule has 1 aliphatic carbocycles. The molecule has 1 heteroatoms. The fourth-order valence-electron chi connectivity index (χ4n) is 1.20. The molecule has 1 aromatic heterocycles. The van der Waals surface area contributed by atoms with Crippen molar-refractivity contribution in [2.75, 3.05) is 0 Å². The second-order valence-corrected chi connectivity index (χ2v) is 2.34. The summed E-state index contributed by atoms with van der Waals surface area (Å²) in [6.45, 7) is 1.99. The molecule has 2 rings (SSSR count). The summed E-state index contributed by atoms with van der Waals surface area (Å²) in [5.74, 6) is 1.04. The maximum absolute atomic E-state index is 5.19. The minimum Gasteiger partial charge on any atom is -0.469 e. The molecule has 46 valence electrons. The lowest BCUT2D eigenvalue weighted by Gasteiger charge is -1.82. The Labute approximate surface area is 54.0 Å². The van der Waals surface area contributed by atoms with Crippen LogP contribution in [0.5, 0.6) is 0 Å². The summed E-state index contributed by atoms with van der Waals surface area (Å²) in [5.41, 5.74) is 2.61. The molecule has 0 fully saturated rings. The van der Waals surface area contributed by atoms with Gasteiger partial charge in [-0.15, -0.1) is 0 Å². The lowest BCUT2D eigenvalue weighted by molar-refractivity contribution is 0.531. The van der Waals surface area contributed by atoms with Gasteiger partial charge in [0.15, 0.2) is 0 Å². The van der Waals surface area contributed by atoms with Crippen molar-refractivity contribution < 1.29 is 4.42 Å². The second-order valence-electron chi connectivity index (χ2n) is 2.34. The fraction of sp³-hybridized carbons (Fsp3) is 0.250. The molecule has 0 saturated carbocycles. The van der Waals surface area contributed by atoms with Gasteiger partial charge in [-0.25, -0.2) is 0 Å². The van der Waals surface area contributed by atoms with E-state index in [0.29, 0.717) is 0 Å². The van der Waals surface area contributed by atoms with Gasteiger partial charge < -0.3 is 4.42 Å². The zero-order valence-electron chi connectivity index (χ0n) is 5.35. The van der Waals surface area contributed by atoms with Crippen LogP contribution in [0.1, 0.15) is 16.9 Å². The lowest BCUT2D eigenvalue weighted by Crippen LogP contribution is -1.71. The molecule has 1 nitrogen and oxygen atoms in total. The Morgan fingerprint density at radius 3 is 3.22 bits per heavy atom. The smallest absolute Gasteiger partial charge is 0.108 e. The number of allylic oxidation sites excluding steroid dienone is 1. The van der Waals surface area contributed by atoms with Crippen molar-refractivity contribution in [1.29, 1.82) is 0 Å². The summed E-state index contributed by atoms with van der Waals surface area (Å²) in [6, 6.07) is 0. The third-order valence-electron chi connectivity index (χ3n) is 1.73. The highest BCUT2D eigenvalue weighted by Gasteiger charge is 2.09. The van der Waals surface area contributed by atoms with Gasteiger partial charge in [-0.1, -0.05) is 12.2 Å². The summed E-state index contributed by atoms with van der Waals surface area (Å²) in [5, 5.41) is 0.